The van der Waals surface area contributed by atoms with Gasteiger partial charge in [-0.3, -0.25) is 0 Å². The van der Waals surface area contributed by atoms with Crippen molar-refractivity contribution in [2.75, 3.05) is 7.11 Å². The number of ether oxygens (including phenoxy) is 1. The fourth-order valence-corrected chi connectivity index (χ4v) is 1.05. The van der Waals surface area contributed by atoms with Crippen molar-refractivity contribution < 1.29 is 9.13 Å². The third-order valence-corrected chi connectivity index (χ3v) is 1.84. The van der Waals surface area contributed by atoms with Gasteiger partial charge < -0.3 is 4.74 Å². The first-order chi connectivity index (χ1) is 6.17. The van der Waals surface area contributed by atoms with Crippen molar-refractivity contribution in [2.24, 2.45) is 0 Å². The first kappa shape index (κ1) is 9.78. The smallest absolute Gasteiger partial charge is 0.127 e. The van der Waals surface area contributed by atoms with Crippen molar-refractivity contribution in [3.8, 4) is 5.75 Å². The van der Waals surface area contributed by atoms with Crippen LogP contribution in [0, 0.1) is 12.7 Å². The highest BCUT2D eigenvalue weighted by atomic mass is 19.1. The predicted octanol–water partition coefficient (Wildman–Crippen LogP) is 2.94. The molecule has 0 spiro atoms. The average Bonchev–Trinajstić information content (AvgIpc) is 2.15. The summed E-state index contributed by atoms with van der Waals surface area (Å²) in [5.41, 5.74) is 0.770. The summed E-state index contributed by atoms with van der Waals surface area (Å²) in [5.74, 6) is 0.0833. The van der Waals surface area contributed by atoms with Crippen LogP contribution in [0.5, 0.6) is 5.75 Å². The van der Waals surface area contributed by atoms with Crippen LogP contribution in [0.1, 0.15) is 11.5 Å². The zero-order valence-electron chi connectivity index (χ0n) is 7.59. The van der Waals surface area contributed by atoms with E-state index in [-0.39, 0.29) is 11.7 Å². The maximum absolute atomic E-state index is 13.0. The Balaban J connectivity index is 3.07. The molecule has 1 unspecified atom stereocenters. The van der Waals surface area contributed by atoms with Gasteiger partial charge in [0.2, 0.25) is 0 Å². The van der Waals surface area contributed by atoms with E-state index < -0.39 is 0 Å². The number of methoxy groups -OCH3 is 1. The van der Waals surface area contributed by atoms with Crippen LogP contribution >= 0.6 is 0 Å². The highest BCUT2D eigenvalue weighted by Gasteiger charge is 2.05. The van der Waals surface area contributed by atoms with Crippen LogP contribution in [0.25, 0.3) is 0 Å². The lowest BCUT2D eigenvalue weighted by atomic mass is 10.0. The molecular formula is C11H12FO. The van der Waals surface area contributed by atoms with Crippen LogP contribution in [-0.4, -0.2) is 7.11 Å². The molecule has 0 saturated heterocycles. The summed E-state index contributed by atoms with van der Waals surface area (Å²) in [5, 5.41) is 0. The van der Waals surface area contributed by atoms with Crippen LogP contribution in [0.4, 0.5) is 4.39 Å². The van der Waals surface area contributed by atoms with E-state index in [1.54, 1.807) is 12.1 Å². The van der Waals surface area contributed by atoms with Gasteiger partial charge >= 0.3 is 0 Å². The van der Waals surface area contributed by atoms with Gasteiger partial charge in [0.05, 0.1) is 7.11 Å². The highest BCUT2D eigenvalue weighted by molar-refractivity contribution is 5.34. The molecule has 0 saturated carbocycles. The first-order valence-corrected chi connectivity index (χ1v) is 3.97. The number of hydrogen-bond acceptors (Lipinski definition) is 1. The summed E-state index contributed by atoms with van der Waals surface area (Å²) in [7, 11) is 1.50. The Morgan fingerprint density at radius 1 is 1.46 bits per heavy atom. The molecule has 1 nitrogen and oxygen atoms in total. The molecule has 0 heterocycles. The minimum absolute atomic E-state index is 0.107. The fourth-order valence-electron chi connectivity index (χ4n) is 1.05. The van der Waals surface area contributed by atoms with Gasteiger partial charge in [0.1, 0.15) is 11.6 Å². The summed E-state index contributed by atoms with van der Waals surface area (Å²) in [6.07, 6.45) is 1.66. The van der Waals surface area contributed by atoms with Gasteiger partial charge in [-0.1, -0.05) is 6.08 Å². The van der Waals surface area contributed by atoms with Gasteiger partial charge in [-0.15, -0.1) is 6.58 Å². The van der Waals surface area contributed by atoms with Crippen LogP contribution in [0.3, 0.4) is 0 Å². The zero-order chi connectivity index (χ0) is 9.84. The number of rotatable bonds is 3. The molecule has 0 aliphatic heterocycles. The SMILES string of the molecule is [CH2]C(C=C)c1cc(F)cc(OC)c1. The number of halogens is 1. The van der Waals surface area contributed by atoms with Crippen LogP contribution < -0.4 is 4.74 Å². The molecule has 13 heavy (non-hydrogen) atoms. The fraction of sp³-hybridized carbons (Fsp3) is 0.182. The van der Waals surface area contributed by atoms with Gasteiger partial charge in [0.15, 0.2) is 0 Å². The Morgan fingerprint density at radius 2 is 2.15 bits per heavy atom. The maximum Gasteiger partial charge on any atom is 0.127 e. The summed E-state index contributed by atoms with van der Waals surface area (Å²) >= 11 is 0. The lowest BCUT2D eigenvalue weighted by molar-refractivity contribution is 0.410. The van der Waals surface area contributed by atoms with E-state index in [1.807, 2.05) is 0 Å². The molecular weight excluding hydrogens is 167 g/mol. The van der Waals surface area contributed by atoms with Gasteiger partial charge in [0.25, 0.3) is 0 Å². The summed E-state index contributed by atoms with van der Waals surface area (Å²) in [6, 6.07) is 4.52. The molecule has 2 heteroatoms. The molecule has 0 aromatic heterocycles. The molecule has 0 aliphatic carbocycles. The van der Waals surface area contributed by atoms with Crippen molar-refractivity contribution in [3.63, 3.8) is 0 Å². The third-order valence-electron chi connectivity index (χ3n) is 1.84. The number of benzene rings is 1. The minimum Gasteiger partial charge on any atom is -0.497 e. The number of hydrogen-bond donors (Lipinski definition) is 0. The second-order valence-electron chi connectivity index (χ2n) is 2.77. The molecule has 1 aromatic carbocycles. The quantitative estimate of drug-likeness (QED) is 0.648. The summed E-state index contributed by atoms with van der Waals surface area (Å²) in [6.45, 7) is 7.40. The lowest BCUT2D eigenvalue weighted by Gasteiger charge is -2.08. The van der Waals surface area contributed by atoms with E-state index in [2.05, 4.69) is 13.5 Å². The molecule has 0 aliphatic rings. The zero-order valence-corrected chi connectivity index (χ0v) is 7.59. The molecule has 0 bridgehead atoms. The monoisotopic (exact) mass is 179 g/mol. The second kappa shape index (κ2) is 4.08. The second-order valence-corrected chi connectivity index (χ2v) is 2.77. The van der Waals surface area contributed by atoms with E-state index in [4.69, 9.17) is 4.74 Å². The predicted molar refractivity (Wildman–Crippen MR) is 51.2 cm³/mol. The molecule has 1 radical (unpaired) electrons. The molecule has 1 rings (SSSR count). The average molecular weight is 179 g/mol. The summed E-state index contributed by atoms with van der Waals surface area (Å²) in [4.78, 5) is 0. The Bertz CT molecular complexity index is 307. The summed E-state index contributed by atoms with van der Waals surface area (Å²) < 4.78 is 17.9. The van der Waals surface area contributed by atoms with E-state index in [0.717, 1.165) is 5.56 Å². The van der Waals surface area contributed by atoms with Crippen molar-refractivity contribution >= 4 is 0 Å². The Labute approximate surface area is 77.8 Å². The van der Waals surface area contributed by atoms with Gasteiger partial charge in [-0.2, -0.15) is 0 Å². The minimum atomic E-state index is -0.315. The maximum atomic E-state index is 13.0. The molecule has 0 amide bonds. The molecule has 0 N–H and O–H groups in total. The van der Waals surface area contributed by atoms with E-state index in [1.165, 1.54) is 19.2 Å². The molecule has 0 fully saturated rings. The van der Waals surface area contributed by atoms with E-state index >= 15 is 0 Å². The first-order valence-electron chi connectivity index (χ1n) is 3.97. The van der Waals surface area contributed by atoms with Crippen LogP contribution in [-0.2, 0) is 0 Å². The van der Waals surface area contributed by atoms with Crippen LogP contribution in [0.2, 0.25) is 0 Å². The van der Waals surface area contributed by atoms with Gasteiger partial charge in [-0.05, 0) is 24.6 Å². The van der Waals surface area contributed by atoms with Gasteiger partial charge in [0, 0.05) is 12.0 Å². The van der Waals surface area contributed by atoms with Gasteiger partial charge in [-0.25, -0.2) is 4.39 Å². The van der Waals surface area contributed by atoms with E-state index in [0.29, 0.717) is 5.75 Å². The Hall–Kier alpha value is -1.31. The molecule has 1 aromatic rings. The van der Waals surface area contributed by atoms with Crippen molar-refractivity contribution in [2.45, 2.75) is 5.92 Å². The van der Waals surface area contributed by atoms with Crippen molar-refractivity contribution in [1.82, 2.24) is 0 Å². The molecule has 69 valence electrons. The van der Waals surface area contributed by atoms with Crippen LogP contribution in [0.15, 0.2) is 30.9 Å². The largest absolute Gasteiger partial charge is 0.497 e. The Kier molecular flexibility index (Phi) is 3.07. The topological polar surface area (TPSA) is 9.23 Å². The van der Waals surface area contributed by atoms with Crippen molar-refractivity contribution in [3.05, 3.63) is 49.2 Å². The molecule has 1 atom stereocenters. The highest BCUT2D eigenvalue weighted by Crippen LogP contribution is 2.22. The standard InChI is InChI=1S/C11H12FO/c1-4-8(2)9-5-10(12)7-11(6-9)13-3/h4-8H,1-2H2,3H3. The normalized spacial score (nSPS) is 12.2. The Morgan fingerprint density at radius 3 is 2.69 bits per heavy atom. The van der Waals surface area contributed by atoms with Crippen molar-refractivity contribution in [1.29, 1.82) is 0 Å². The van der Waals surface area contributed by atoms with E-state index in [9.17, 15) is 4.39 Å². The lowest BCUT2D eigenvalue weighted by Crippen LogP contribution is -1.92. The number of allylic oxidation sites excluding steroid dienone is 1. The third kappa shape index (κ3) is 2.31.